The molecule has 0 aliphatic heterocycles. The summed E-state index contributed by atoms with van der Waals surface area (Å²) in [5.74, 6) is -0.933. The van der Waals surface area contributed by atoms with Crippen LogP contribution in [-0.4, -0.2) is 41.0 Å². The van der Waals surface area contributed by atoms with Crippen molar-refractivity contribution in [2.24, 2.45) is 5.92 Å². The van der Waals surface area contributed by atoms with E-state index in [1.165, 1.54) is 4.90 Å². The van der Waals surface area contributed by atoms with Gasteiger partial charge in [0.05, 0.1) is 6.07 Å². The predicted octanol–water partition coefficient (Wildman–Crippen LogP) is 5.89. The van der Waals surface area contributed by atoms with Gasteiger partial charge in [-0.15, -0.1) is 0 Å². The molecule has 0 spiro atoms. The van der Waals surface area contributed by atoms with Gasteiger partial charge in [-0.05, 0) is 88.6 Å². The van der Waals surface area contributed by atoms with Gasteiger partial charge in [0.2, 0.25) is 5.91 Å². The van der Waals surface area contributed by atoms with E-state index in [2.05, 4.69) is 10.6 Å². The van der Waals surface area contributed by atoms with Gasteiger partial charge in [-0.2, -0.15) is 5.26 Å². The van der Waals surface area contributed by atoms with E-state index in [1.54, 1.807) is 26.8 Å². The van der Waals surface area contributed by atoms with Crippen molar-refractivity contribution in [3.05, 3.63) is 64.2 Å². The van der Waals surface area contributed by atoms with E-state index in [-0.39, 0.29) is 12.5 Å². The second-order valence-electron chi connectivity index (χ2n) is 11.5. The molecule has 2 atom stereocenters. The molecule has 210 valence electrons. The molecule has 0 aliphatic carbocycles. The van der Waals surface area contributed by atoms with Crippen molar-refractivity contribution in [1.82, 2.24) is 10.2 Å². The van der Waals surface area contributed by atoms with Crippen molar-refractivity contribution in [2.45, 2.75) is 86.4 Å². The number of nitriles is 1. The zero-order valence-corrected chi connectivity index (χ0v) is 24.6. The number of ether oxygens (including phenoxy) is 1. The minimum atomic E-state index is -1.11. The van der Waals surface area contributed by atoms with E-state index >= 15 is 0 Å². The quantitative estimate of drug-likeness (QED) is 0.390. The lowest BCUT2D eigenvalue weighted by Crippen LogP contribution is -2.53. The molecule has 8 nitrogen and oxygen atoms in total. The Bertz CT molecular complexity index is 1220. The lowest BCUT2D eigenvalue weighted by molar-refractivity contribution is -0.140. The number of anilines is 1. The molecule has 2 aromatic carbocycles. The highest BCUT2D eigenvalue weighted by atomic mass is 16.6. The number of carbonyl (C=O) groups excluding carboxylic acids is 3. The summed E-state index contributed by atoms with van der Waals surface area (Å²) in [4.78, 5) is 41.9. The normalized spacial score (nSPS) is 12.7. The SMILES string of the molecule is Cc1ccc(C(C(=O)Nc2c(C)cccc2C)N(CC#N)C(=O)C(CC(C)C)NC(=O)OC(C)(C)C)cc1C. The number of hydrogen-bond acceptors (Lipinski definition) is 5. The number of para-hydroxylation sites is 1. The minimum absolute atomic E-state index is 0.0429. The van der Waals surface area contributed by atoms with Gasteiger partial charge in [0, 0.05) is 5.69 Å². The van der Waals surface area contributed by atoms with Crippen molar-refractivity contribution in [3.63, 3.8) is 0 Å². The summed E-state index contributed by atoms with van der Waals surface area (Å²) >= 11 is 0. The van der Waals surface area contributed by atoms with Crippen LogP contribution < -0.4 is 10.6 Å². The summed E-state index contributed by atoms with van der Waals surface area (Å²) in [6.45, 7) is 16.4. The third-order valence-electron chi connectivity index (χ3n) is 6.36. The van der Waals surface area contributed by atoms with Crippen LogP contribution in [0.4, 0.5) is 10.5 Å². The second-order valence-corrected chi connectivity index (χ2v) is 11.5. The van der Waals surface area contributed by atoms with Crippen LogP contribution in [0.15, 0.2) is 36.4 Å². The first kappa shape index (κ1) is 31.4. The molecule has 2 N–H and O–H groups in total. The van der Waals surface area contributed by atoms with Gasteiger partial charge >= 0.3 is 6.09 Å². The van der Waals surface area contributed by atoms with Crippen molar-refractivity contribution < 1.29 is 19.1 Å². The van der Waals surface area contributed by atoms with Crippen LogP contribution in [0.25, 0.3) is 0 Å². The molecule has 8 heteroatoms. The summed E-state index contributed by atoms with van der Waals surface area (Å²) in [6.07, 6.45) is -0.431. The topological polar surface area (TPSA) is 112 Å². The van der Waals surface area contributed by atoms with Gasteiger partial charge in [-0.25, -0.2) is 4.79 Å². The Morgan fingerprint density at radius 2 is 1.59 bits per heavy atom. The molecule has 2 unspecified atom stereocenters. The average Bonchev–Trinajstić information content (AvgIpc) is 2.81. The van der Waals surface area contributed by atoms with Crippen LogP contribution in [0.3, 0.4) is 0 Å². The molecule has 0 radical (unpaired) electrons. The maximum absolute atomic E-state index is 14.1. The van der Waals surface area contributed by atoms with Crippen molar-refractivity contribution in [3.8, 4) is 6.07 Å². The molecule has 0 saturated carbocycles. The third-order valence-corrected chi connectivity index (χ3v) is 6.36. The molecule has 3 amide bonds. The monoisotopic (exact) mass is 534 g/mol. The maximum atomic E-state index is 14.1. The summed E-state index contributed by atoms with van der Waals surface area (Å²) in [7, 11) is 0. The van der Waals surface area contributed by atoms with Crippen LogP contribution in [0.2, 0.25) is 0 Å². The van der Waals surface area contributed by atoms with Crippen LogP contribution in [-0.2, 0) is 14.3 Å². The lowest BCUT2D eigenvalue weighted by Gasteiger charge is -2.33. The van der Waals surface area contributed by atoms with Crippen LogP contribution in [0.1, 0.15) is 74.9 Å². The Labute approximate surface area is 232 Å². The first-order valence-corrected chi connectivity index (χ1v) is 13.3. The first-order chi connectivity index (χ1) is 18.1. The van der Waals surface area contributed by atoms with Gasteiger partial charge in [0.25, 0.3) is 5.91 Å². The second kappa shape index (κ2) is 13.3. The number of carbonyl (C=O) groups is 3. The molecule has 2 rings (SSSR count). The number of amides is 3. The van der Waals surface area contributed by atoms with E-state index in [9.17, 15) is 19.6 Å². The molecule has 39 heavy (non-hydrogen) atoms. The van der Waals surface area contributed by atoms with E-state index in [0.29, 0.717) is 17.7 Å². The largest absolute Gasteiger partial charge is 0.444 e. The van der Waals surface area contributed by atoms with Crippen LogP contribution >= 0.6 is 0 Å². The number of rotatable bonds is 9. The smallest absolute Gasteiger partial charge is 0.408 e. The lowest BCUT2D eigenvalue weighted by atomic mass is 9.96. The molecule has 0 fully saturated rings. The van der Waals surface area contributed by atoms with Gasteiger partial charge in [0.15, 0.2) is 0 Å². The molecule has 0 bridgehead atoms. The zero-order chi connectivity index (χ0) is 29.5. The Morgan fingerprint density at radius 3 is 2.10 bits per heavy atom. The molecule has 0 heterocycles. The van der Waals surface area contributed by atoms with Crippen LogP contribution in [0, 0.1) is 44.9 Å². The summed E-state index contributed by atoms with van der Waals surface area (Å²) in [6, 6.07) is 11.2. The van der Waals surface area contributed by atoms with Crippen molar-refractivity contribution >= 4 is 23.6 Å². The van der Waals surface area contributed by atoms with E-state index in [0.717, 1.165) is 22.3 Å². The molecule has 0 aliphatic rings. The number of nitrogens with one attached hydrogen (secondary N) is 2. The highest BCUT2D eigenvalue weighted by Gasteiger charge is 2.37. The van der Waals surface area contributed by atoms with Gasteiger partial charge in [-0.1, -0.05) is 50.2 Å². The highest BCUT2D eigenvalue weighted by Crippen LogP contribution is 2.28. The number of alkyl carbamates (subject to hydrolysis) is 1. The Balaban J connectivity index is 2.59. The minimum Gasteiger partial charge on any atom is -0.444 e. The molecule has 0 aromatic heterocycles. The van der Waals surface area contributed by atoms with Gasteiger partial charge in [0.1, 0.15) is 24.2 Å². The number of nitrogens with zero attached hydrogens (tertiary/aromatic N) is 2. The van der Waals surface area contributed by atoms with Crippen LogP contribution in [0.5, 0.6) is 0 Å². The standard InChI is InChI=1S/C31H42N4O4/c1-19(2)17-25(33-30(38)39-31(7,8)9)29(37)35(16-15-32)27(24-14-13-20(3)23(6)18-24)28(36)34-26-21(4)11-10-12-22(26)5/h10-14,18-19,25,27H,16-17H2,1-9H3,(H,33,38)(H,34,36). The fourth-order valence-corrected chi connectivity index (χ4v) is 4.33. The summed E-state index contributed by atoms with van der Waals surface area (Å²) < 4.78 is 5.40. The zero-order valence-electron chi connectivity index (χ0n) is 24.6. The fourth-order valence-electron chi connectivity index (χ4n) is 4.33. The summed E-state index contributed by atoms with van der Waals surface area (Å²) in [5.41, 5.74) is 4.23. The molecule has 0 saturated heterocycles. The van der Waals surface area contributed by atoms with Gasteiger partial charge in [-0.3, -0.25) is 9.59 Å². The van der Waals surface area contributed by atoms with E-state index < -0.39 is 35.6 Å². The van der Waals surface area contributed by atoms with E-state index in [1.807, 2.05) is 77.9 Å². The van der Waals surface area contributed by atoms with E-state index in [4.69, 9.17) is 4.74 Å². The summed E-state index contributed by atoms with van der Waals surface area (Å²) in [5, 5.41) is 15.4. The third kappa shape index (κ3) is 8.85. The molecular formula is C31H42N4O4. The van der Waals surface area contributed by atoms with Crippen molar-refractivity contribution in [1.29, 1.82) is 5.26 Å². The number of aryl methyl sites for hydroxylation is 4. The number of hydrogen-bond donors (Lipinski definition) is 2. The Kier molecular flexibility index (Phi) is 10.7. The Morgan fingerprint density at radius 1 is 0.974 bits per heavy atom. The fraction of sp³-hybridized carbons (Fsp3) is 0.484. The number of benzene rings is 2. The Hall–Kier alpha value is -3.86. The first-order valence-electron chi connectivity index (χ1n) is 13.3. The van der Waals surface area contributed by atoms with Gasteiger partial charge < -0.3 is 20.3 Å². The predicted molar refractivity (Wildman–Crippen MR) is 153 cm³/mol. The average molecular weight is 535 g/mol. The molecular weight excluding hydrogens is 492 g/mol. The highest BCUT2D eigenvalue weighted by molar-refractivity contribution is 6.00. The molecule has 2 aromatic rings. The van der Waals surface area contributed by atoms with Crippen molar-refractivity contribution in [2.75, 3.05) is 11.9 Å². The maximum Gasteiger partial charge on any atom is 0.408 e.